The molecule has 2 unspecified atom stereocenters. The summed E-state index contributed by atoms with van der Waals surface area (Å²) in [5.74, 6) is 0.819. The molecule has 1 aromatic carbocycles. The molecular formula is C18H25Cl2N3O2. The Balaban J connectivity index is 0.00000156. The van der Waals surface area contributed by atoms with Crippen LogP contribution in [0.3, 0.4) is 0 Å². The quantitative estimate of drug-likeness (QED) is 0.873. The summed E-state index contributed by atoms with van der Waals surface area (Å²) in [5.41, 5.74) is 8.44. The molecule has 1 aliphatic rings. The first-order chi connectivity index (χ1) is 11.1. The van der Waals surface area contributed by atoms with Gasteiger partial charge in [0.2, 0.25) is 0 Å². The fraction of sp³-hybridized carbons (Fsp3) is 0.444. The summed E-state index contributed by atoms with van der Waals surface area (Å²) in [5, 5.41) is 0. The molecule has 0 spiro atoms. The lowest BCUT2D eigenvalue weighted by Crippen LogP contribution is -2.45. The summed E-state index contributed by atoms with van der Waals surface area (Å²) in [4.78, 5) is 18.9. The van der Waals surface area contributed by atoms with Crippen molar-refractivity contribution >= 4 is 30.7 Å². The first kappa shape index (κ1) is 21.5. The van der Waals surface area contributed by atoms with Crippen LogP contribution in [0.4, 0.5) is 0 Å². The maximum absolute atomic E-state index is 12.9. The molecule has 1 fully saturated rings. The number of halogens is 2. The van der Waals surface area contributed by atoms with E-state index < -0.39 is 0 Å². The second kappa shape index (κ2) is 9.22. The molecule has 2 heterocycles. The van der Waals surface area contributed by atoms with Crippen molar-refractivity contribution in [3.63, 3.8) is 0 Å². The van der Waals surface area contributed by atoms with Gasteiger partial charge in [-0.05, 0) is 32.6 Å². The molecule has 138 valence electrons. The van der Waals surface area contributed by atoms with Crippen molar-refractivity contribution in [3.8, 4) is 11.3 Å². The van der Waals surface area contributed by atoms with Gasteiger partial charge >= 0.3 is 0 Å². The molecule has 1 amide bonds. The first-order valence-electron chi connectivity index (χ1n) is 8.11. The van der Waals surface area contributed by atoms with E-state index in [1.54, 1.807) is 0 Å². The minimum atomic E-state index is -0.0697. The number of carbonyl (C=O) groups is 1. The van der Waals surface area contributed by atoms with Crippen LogP contribution in [0, 0.1) is 12.8 Å². The van der Waals surface area contributed by atoms with Crippen molar-refractivity contribution in [2.24, 2.45) is 11.7 Å². The van der Waals surface area contributed by atoms with Gasteiger partial charge in [-0.1, -0.05) is 29.8 Å². The van der Waals surface area contributed by atoms with E-state index in [2.05, 4.69) is 4.98 Å². The molecule has 0 saturated carbocycles. The van der Waals surface area contributed by atoms with Crippen LogP contribution in [-0.2, 0) is 0 Å². The van der Waals surface area contributed by atoms with Gasteiger partial charge in [-0.2, -0.15) is 0 Å². The maximum Gasteiger partial charge on any atom is 0.276 e. The van der Waals surface area contributed by atoms with Crippen LogP contribution in [0.15, 0.2) is 35.1 Å². The van der Waals surface area contributed by atoms with Crippen molar-refractivity contribution in [2.45, 2.75) is 32.7 Å². The third-order valence-electron chi connectivity index (χ3n) is 4.57. The number of hydrogen-bond donors (Lipinski definition) is 1. The summed E-state index contributed by atoms with van der Waals surface area (Å²) in [6.07, 6.45) is 3.40. The topological polar surface area (TPSA) is 72.4 Å². The third kappa shape index (κ3) is 4.75. The lowest BCUT2D eigenvalue weighted by molar-refractivity contribution is 0.0656. The molecule has 0 radical (unpaired) electrons. The number of aryl methyl sites for hydroxylation is 1. The van der Waals surface area contributed by atoms with E-state index in [9.17, 15) is 4.79 Å². The van der Waals surface area contributed by atoms with Crippen LogP contribution in [-0.4, -0.2) is 34.9 Å². The Labute approximate surface area is 160 Å². The normalized spacial score (nSPS) is 18.0. The van der Waals surface area contributed by atoms with Gasteiger partial charge in [0.25, 0.3) is 5.91 Å². The standard InChI is InChI=1S/C18H23N3O2.2ClH/c1-12-5-7-14(8-6-12)17-16(20-11-23-17)18(22)21-9-3-4-15(10-21)13(2)19;;/h5-8,11,13,15H,3-4,9-10,19H2,1-2H3;2*1H. The van der Waals surface area contributed by atoms with Gasteiger partial charge < -0.3 is 15.1 Å². The zero-order valence-electron chi connectivity index (χ0n) is 14.5. The van der Waals surface area contributed by atoms with Crippen molar-refractivity contribution in [1.82, 2.24) is 9.88 Å². The van der Waals surface area contributed by atoms with E-state index in [1.165, 1.54) is 6.39 Å². The molecule has 2 atom stereocenters. The molecule has 0 bridgehead atoms. The molecule has 2 N–H and O–H groups in total. The van der Waals surface area contributed by atoms with E-state index >= 15 is 0 Å². The van der Waals surface area contributed by atoms with E-state index in [4.69, 9.17) is 10.2 Å². The highest BCUT2D eigenvalue weighted by Gasteiger charge is 2.29. The Morgan fingerprint density at radius 2 is 2.00 bits per heavy atom. The molecular weight excluding hydrogens is 361 g/mol. The molecule has 25 heavy (non-hydrogen) atoms. The van der Waals surface area contributed by atoms with Crippen LogP contribution >= 0.6 is 24.8 Å². The molecule has 1 aromatic heterocycles. The Hall–Kier alpha value is -1.56. The second-order valence-electron chi connectivity index (χ2n) is 6.41. The fourth-order valence-corrected chi connectivity index (χ4v) is 3.08. The number of oxazole rings is 1. The summed E-state index contributed by atoms with van der Waals surface area (Å²) in [7, 11) is 0. The predicted octanol–water partition coefficient (Wildman–Crippen LogP) is 3.69. The monoisotopic (exact) mass is 385 g/mol. The van der Waals surface area contributed by atoms with E-state index in [0.717, 1.165) is 30.5 Å². The minimum absolute atomic E-state index is 0. The number of aromatic nitrogens is 1. The largest absolute Gasteiger partial charge is 0.443 e. The lowest BCUT2D eigenvalue weighted by Gasteiger charge is -2.34. The number of nitrogens with two attached hydrogens (primary N) is 1. The lowest BCUT2D eigenvalue weighted by atomic mass is 9.92. The Morgan fingerprint density at radius 1 is 1.32 bits per heavy atom. The molecule has 7 heteroatoms. The fourth-order valence-electron chi connectivity index (χ4n) is 3.08. The average Bonchev–Trinajstić information content (AvgIpc) is 3.04. The van der Waals surface area contributed by atoms with Gasteiger partial charge in [-0.3, -0.25) is 4.79 Å². The zero-order chi connectivity index (χ0) is 16.4. The first-order valence-corrected chi connectivity index (χ1v) is 8.11. The molecule has 5 nitrogen and oxygen atoms in total. The molecule has 2 aromatic rings. The number of carbonyl (C=O) groups excluding carboxylic acids is 1. The summed E-state index contributed by atoms with van der Waals surface area (Å²) < 4.78 is 5.49. The highest BCUT2D eigenvalue weighted by atomic mass is 35.5. The van der Waals surface area contributed by atoms with Crippen molar-refractivity contribution < 1.29 is 9.21 Å². The van der Waals surface area contributed by atoms with Crippen molar-refractivity contribution in [3.05, 3.63) is 41.9 Å². The SMILES string of the molecule is Cc1ccc(-c2ocnc2C(=O)N2CCCC(C(C)N)C2)cc1.Cl.Cl. The van der Waals surface area contributed by atoms with Crippen molar-refractivity contribution in [1.29, 1.82) is 0 Å². The molecule has 1 saturated heterocycles. The van der Waals surface area contributed by atoms with Crippen LogP contribution < -0.4 is 5.73 Å². The molecule has 1 aliphatic heterocycles. The van der Waals surface area contributed by atoms with Gasteiger partial charge in [-0.25, -0.2) is 4.98 Å². The number of likely N-dealkylation sites (tertiary alicyclic amines) is 1. The number of piperidine rings is 1. The Morgan fingerprint density at radius 3 is 2.64 bits per heavy atom. The summed E-state index contributed by atoms with van der Waals surface area (Å²) >= 11 is 0. The number of amides is 1. The molecule has 3 rings (SSSR count). The number of hydrogen-bond acceptors (Lipinski definition) is 4. The van der Waals surface area contributed by atoms with Crippen LogP contribution in [0.1, 0.15) is 35.8 Å². The van der Waals surface area contributed by atoms with Gasteiger partial charge in [-0.15, -0.1) is 24.8 Å². The van der Waals surface area contributed by atoms with Crippen molar-refractivity contribution in [2.75, 3.05) is 13.1 Å². The number of benzene rings is 1. The minimum Gasteiger partial charge on any atom is -0.443 e. The third-order valence-corrected chi connectivity index (χ3v) is 4.57. The smallest absolute Gasteiger partial charge is 0.276 e. The molecule has 0 aliphatic carbocycles. The van der Waals surface area contributed by atoms with E-state index in [1.807, 2.05) is 43.0 Å². The Kier molecular flexibility index (Phi) is 7.93. The maximum atomic E-state index is 12.9. The van der Waals surface area contributed by atoms with E-state index in [-0.39, 0.29) is 36.8 Å². The van der Waals surface area contributed by atoms with Gasteiger partial charge in [0.05, 0.1) is 0 Å². The van der Waals surface area contributed by atoms with E-state index in [0.29, 0.717) is 23.9 Å². The zero-order valence-corrected chi connectivity index (χ0v) is 16.1. The van der Waals surface area contributed by atoms with Gasteiger partial charge in [0, 0.05) is 24.7 Å². The number of rotatable bonds is 3. The highest BCUT2D eigenvalue weighted by Crippen LogP contribution is 2.26. The average molecular weight is 386 g/mol. The summed E-state index contributed by atoms with van der Waals surface area (Å²) in [6, 6.07) is 8.00. The van der Waals surface area contributed by atoms with Gasteiger partial charge in [0.15, 0.2) is 17.8 Å². The predicted molar refractivity (Wildman–Crippen MR) is 103 cm³/mol. The highest BCUT2D eigenvalue weighted by molar-refractivity contribution is 5.97. The summed E-state index contributed by atoms with van der Waals surface area (Å²) in [6.45, 7) is 5.48. The van der Waals surface area contributed by atoms with Crippen LogP contribution in [0.25, 0.3) is 11.3 Å². The Bertz CT molecular complexity index is 686. The second-order valence-corrected chi connectivity index (χ2v) is 6.41. The van der Waals surface area contributed by atoms with Crippen LogP contribution in [0.5, 0.6) is 0 Å². The van der Waals surface area contributed by atoms with Crippen LogP contribution in [0.2, 0.25) is 0 Å². The van der Waals surface area contributed by atoms with Gasteiger partial charge in [0.1, 0.15) is 0 Å². The number of nitrogens with zero attached hydrogens (tertiary/aromatic N) is 2.